The second-order valence-electron chi connectivity index (χ2n) is 5.04. The highest BCUT2D eigenvalue weighted by Gasteiger charge is 2.18. The van der Waals surface area contributed by atoms with E-state index in [0.29, 0.717) is 4.95 Å². The number of rotatable bonds is 5. The Balaban J connectivity index is 1.61. The summed E-state index contributed by atoms with van der Waals surface area (Å²) < 4.78 is 1.22. The van der Waals surface area contributed by atoms with Gasteiger partial charge in [-0.15, -0.1) is 0 Å². The van der Waals surface area contributed by atoms with Gasteiger partial charge in [-0.2, -0.15) is 0 Å². The first-order valence-electron chi connectivity index (χ1n) is 6.93. The molecule has 0 radical (unpaired) electrons. The Morgan fingerprint density at radius 3 is 2.83 bits per heavy atom. The lowest BCUT2D eigenvalue weighted by Crippen LogP contribution is -2.36. The fraction of sp³-hybridized carbons (Fsp3) is 0.714. The lowest BCUT2D eigenvalue weighted by atomic mass is 10.1. The van der Waals surface area contributed by atoms with E-state index >= 15 is 0 Å². The molecule has 0 aromatic heterocycles. The monoisotopic (exact) mass is 376 g/mol. The minimum atomic E-state index is 0.621. The maximum atomic E-state index is 3.78. The van der Waals surface area contributed by atoms with Gasteiger partial charge in [0.25, 0.3) is 0 Å². The van der Waals surface area contributed by atoms with E-state index in [0.717, 1.165) is 13.1 Å². The Labute approximate surface area is 127 Å². The third-order valence-electron chi connectivity index (χ3n) is 3.65. The number of unbranched alkanes of at least 4 members (excludes halogenated alkanes) is 1. The van der Waals surface area contributed by atoms with Crippen molar-refractivity contribution in [2.24, 2.45) is 0 Å². The Bertz CT molecular complexity index is 315. The molecule has 1 fully saturated rings. The van der Waals surface area contributed by atoms with E-state index in [-0.39, 0.29) is 0 Å². The molecule has 4 heteroatoms. The molecule has 0 spiro atoms. The van der Waals surface area contributed by atoms with Crippen molar-refractivity contribution < 1.29 is 0 Å². The predicted molar refractivity (Wildman–Crippen MR) is 85.1 cm³/mol. The van der Waals surface area contributed by atoms with Crippen LogP contribution in [0.5, 0.6) is 0 Å². The molecule has 0 amide bonds. The summed E-state index contributed by atoms with van der Waals surface area (Å²) in [5.41, 5.74) is 0. The lowest BCUT2D eigenvalue weighted by Gasteiger charge is -2.32. The number of alkyl halides is 1. The third-order valence-corrected chi connectivity index (χ3v) is 5.46. The molecule has 0 aliphatic carbocycles. The highest BCUT2D eigenvalue weighted by molar-refractivity contribution is 9.11. The SMILES string of the molecule is BrC1=CC=CCN1CCCCN1CCCCC1Br. The summed E-state index contributed by atoms with van der Waals surface area (Å²) in [6, 6.07) is 0. The molecule has 0 bridgehead atoms. The van der Waals surface area contributed by atoms with Gasteiger partial charge in [-0.1, -0.05) is 28.1 Å². The third kappa shape index (κ3) is 4.39. The van der Waals surface area contributed by atoms with Gasteiger partial charge in [0.05, 0.1) is 9.56 Å². The zero-order chi connectivity index (χ0) is 12.8. The zero-order valence-electron chi connectivity index (χ0n) is 10.8. The molecule has 0 saturated carbocycles. The number of likely N-dealkylation sites (tertiary alicyclic amines) is 1. The molecule has 1 unspecified atom stereocenters. The van der Waals surface area contributed by atoms with E-state index in [9.17, 15) is 0 Å². The van der Waals surface area contributed by atoms with Crippen LogP contribution in [0.4, 0.5) is 0 Å². The molecule has 2 heterocycles. The number of allylic oxidation sites excluding steroid dienone is 2. The van der Waals surface area contributed by atoms with Crippen LogP contribution in [0.3, 0.4) is 0 Å². The predicted octanol–water partition coefficient (Wildman–Crippen LogP) is 4.08. The summed E-state index contributed by atoms with van der Waals surface area (Å²) >= 11 is 7.39. The van der Waals surface area contributed by atoms with Gasteiger partial charge in [-0.3, -0.25) is 4.90 Å². The average Bonchev–Trinajstić information content (AvgIpc) is 2.38. The van der Waals surface area contributed by atoms with Crippen LogP contribution >= 0.6 is 31.9 Å². The average molecular weight is 378 g/mol. The number of hydrogen-bond acceptors (Lipinski definition) is 2. The van der Waals surface area contributed by atoms with Gasteiger partial charge in [0, 0.05) is 13.1 Å². The summed E-state index contributed by atoms with van der Waals surface area (Å²) in [5, 5.41) is 0. The molecule has 0 aromatic rings. The highest BCUT2D eigenvalue weighted by atomic mass is 79.9. The Kier molecular flexibility index (Phi) is 6.25. The van der Waals surface area contributed by atoms with Crippen LogP contribution in [0, 0.1) is 0 Å². The van der Waals surface area contributed by atoms with E-state index in [4.69, 9.17) is 0 Å². The Morgan fingerprint density at radius 2 is 2.06 bits per heavy atom. The van der Waals surface area contributed by atoms with Crippen molar-refractivity contribution >= 4 is 31.9 Å². The highest BCUT2D eigenvalue weighted by Crippen LogP contribution is 2.22. The molecule has 2 rings (SSSR count). The number of halogens is 2. The van der Waals surface area contributed by atoms with Crippen molar-refractivity contribution in [3.05, 3.63) is 22.8 Å². The molecule has 2 nitrogen and oxygen atoms in total. The van der Waals surface area contributed by atoms with Crippen LogP contribution in [0.25, 0.3) is 0 Å². The van der Waals surface area contributed by atoms with Crippen LogP contribution in [-0.4, -0.2) is 40.9 Å². The number of nitrogens with zero attached hydrogens (tertiary/aromatic N) is 2. The summed E-state index contributed by atoms with van der Waals surface area (Å²) in [5.74, 6) is 0. The summed E-state index contributed by atoms with van der Waals surface area (Å²) in [4.78, 5) is 5.60. The van der Waals surface area contributed by atoms with Gasteiger partial charge in [0.15, 0.2) is 0 Å². The minimum absolute atomic E-state index is 0.621. The molecule has 1 atom stereocenters. The first-order chi connectivity index (χ1) is 8.77. The van der Waals surface area contributed by atoms with Gasteiger partial charge < -0.3 is 4.90 Å². The fourth-order valence-corrected chi connectivity index (χ4v) is 3.75. The normalized spacial score (nSPS) is 25.3. The van der Waals surface area contributed by atoms with Crippen LogP contribution in [0.15, 0.2) is 22.8 Å². The topological polar surface area (TPSA) is 6.48 Å². The van der Waals surface area contributed by atoms with Crippen LogP contribution < -0.4 is 0 Å². The van der Waals surface area contributed by atoms with E-state index in [1.807, 2.05) is 0 Å². The van der Waals surface area contributed by atoms with E-state index in [1.54, 1.807) is 0 Å². The standard InChI is InChI=1S/C14H22Br2N2/c15-13-7-1-3-9-17(13)11-5-6-12-18-10-4-2-8-14(18)16/h1,3,7,14H,2,4-6,8-12H2. The fourth-order valence-electron chi connectivity index (χ4n) is 2.55. The van der Waals surface area contributed by atoms with Gasteiger partial charge >= 0.3 is 0 Å². The lowest BCUT2D eigenvalue weighted by molar-refractivity contribution is 0.204. The molecular weight excluding hydrogens is 356 g/mol. The van der Waals surface area contributed by atoms with Crippen LogP contribution in [0.1, 0.15) is 32.1 Å². The van der Waals surface area contributed by atoms with E-state index in [1.165, 1.54) is 49.8 Å². The number of hydrogen-bond donors (Lipinski definition) is 0. The van der Waals surface area contributed by atoms with Crippen molar-refractivity contribution in [1.29, 1.82) is 0 Å². The Hall–Kier alpha value is 0.200. The van der Waals surface area contributed by atoms with Crippen molar-refractivity contribution in [3.63, 3.8) is 0 Å². The van der Waals surface area contributed by atoms with Crippen molar-refractivity contribution in [1.82, 2.24) is 9.80 Å². The molecule has 0 aromatic carbocycles. The largest absolute Gasteiger partial charge is 0.362 e. The first-order valence-corrected chi connectivity index (χ1v) is 8.63. The van der Waals surface area contributed by atoms with E-state index < -0.39 is 0 Å². The molecule has 1 saturated heterocycles. The first kappa shape index (κ1) is 14.6. The zero-order valence-corrected chi connectivity index (χ0v) is 14.0. The molecule has 102 valence electrons. The van der Waals surface area contributed by atoms with Crippen molar-refractivity contribution in [3.8, 4) is 0 Å². The molecule has 0 N–H and O–H groups in total. The van der Waals surface area contributed by atoms with Gasteiger partial charge in [0.2, 0.25) is 0 Å². The summed E-state index contributed by atoms with van der Waals surface area (Å²) in [7, 11) is 0. The van der Waals surface area contributed by atoms with Crippen LogP contribution in [-0.2, 0) is 0 Å². The second kappa shape index (κ2) is 7.71. The summed E-state index contributed by atoms with van der Waals surface area (Å²) in [6.07, 6.45) is 13.1. The Morgan fingerprint density at radius 1 is 1.22 bits per heavy atom. The van der Waals surface area contributed by atoms with Crippen molar-refractivity contribution in [2.75, 3.05) is 26.2 Å². The molecule has 18 heavy (non-hydrogen) atoms. The van der Waals surface area contributed by atoms with Gasteiger partial charge in [-0.25, -0.2) is 0 Å². The second-order valence-corrected chi connectivity index (χ2v) is 6.91. The quantitative estimate of drug-likeness (QED) is 0.404. The van der Waals surface area contributed by atoms with Gasteiger partial charge in [0.1, 0.15) is 0 Å². The maximum absolute atomic E-state index is 3.78. The minimum Gasteiger partial charge on any atom is -0.362 e. The van der Waals surface area contributed by atoms with Gasteiger partial charge in [-0.05, 0) is 67.2 Å². The molecule has 2 aliphatic rings. The molecular formula is C14H22Br2N2. The molecule has 2 aliphatic heterocycles. The maximum Gasteiger partial charge on any atom is 0.0808 e. The van der Waals surface area contributed by atoms with E-state index in [2.05, 4.69) is 59.9 Å². The van der Waals surface area contributed by atoms with Crippen molar-refractivity contribution in [2.45, 2.75) is 37.1 Å². The summed E-state index contributed by atoms with van der Waals surface area (Å²) in [6.45, 7) is 4.71. The van der Waals surface area contributed by atoms with Crippen LogP contribution in [0.2, 0.25) is 0 Å². The smallest absolute Gasteiger partial charge is 0.0808 e. The number of piperidine rings is 1.